The fourth-order valence-corrected chi connectivity index (χ4v) is 2.70. The Morgan fingerprint density at radius 2 is 1.79 bits per heavy atom. The molecule has 0 fully saturated rings. The number of hydrogen-bond donors (Lipinski definition) is 3. The fourth-order valence-electron chi connectivity index (χ4n) is 2.70. The molecule has 2 aromatic rings. The second-order valence-corrected chi connectivity index (χ2v) is 6.22. The Hall–Kier alpha value is -3.26. The number of rotatable bonds is 10. The van der Waals surface area contributed by atoms with Crippen LogP contribution in [0.15, 0.2) is 48.5 Å². The Kier molecular flexibility index (Phi) is 8.29. The predicted molar refractivity (Wildman–Crippen MR) is 105 cm³/mol. The van der Waals surface area contributed by atoms with E-state index in [0.717, 1.165) is 5.56 Å². The molecule has 0 spiro atoms. The van der Waals surface area contributed by atoms with Crippen LogP contribution in [0, 0.1) is 0 Å². The first-order chi connectivity index (χ1) is 13.9. The molecule has 0 radical (unpaired) electrons. The van der Waals surface area contributed by atoms with Gasteiger partial charge < -0.3 is 29.7 Å². The SMILES string of the molecule is CCOc1cc(CC(NC(=O)OCc2ccccc2)C(O)C(=O)O)ccc1OC. The predicted octanol–water partition coefficient (Wildman–Crippen LogP) is 2.38. The van der Waals surface area contributed by atoms with Gasteiger partial charge >= 0.3 is 12.1 Å². The average molecular weight is 403 g/mol. The van der Waals surface area contributed by atoms with Crippen LogP contribution in [0.4, 0.5) is 4.79 Å². The van der Waals surface area contributed by atoms with Gasteiger partial charge in [-0.2, -0.15) is 0 Å². The largest absolute Gasteiger partial charge is 0.493 e. The summed E-state index contributed by atoms with van der Waals surface area (Å²) < 4.78 is 15.9. The minimum absolute atomic E-state index is 0.0274. The summed E-state index contributed by atoms with van der Waals surface area (Å²) in [6, 6.07) is 13.0. The first-order valence-corrected chi connectivity index (χ1v) is 9.12. The molecule has 156 valence electrons. The number of aliphatic carboxylic acids is 1. The summed E-state index contributed by atoms with van der Waals surface area (Å²) in [5.74, 6) is -0.430. The average Bonchev–Trinajstić information content (AvgIpc) is 2.72. The molecule has 0 saturated heterocycles. The van der Waals surface area contributed by atoms with E-state index in [9.17, 15) is 19.8 Å². The van der Waals surface area contributed by atoms with E-state index >= 15 is 0 Å². The molecule has 8 nitrogen and oxygen atoms in total. The highest BCUT2D eigenvalue weighted by Gasteiger charge is 2.28. The van der Waals surface area contributed by atoms with E-state index in [0.29, 0.717) is 23.7 Å². The van der Waals surface area contributed by atoms with Crippen molar-refractivity contribution in [2.24, 2.45) is 0 Å². The summed E-state index contributed by atoms with van der Waals surface area (Å²) in [7, 11) is 1.51. The van der Waals surface area contributed by atoms with E-state index in [2.05, 4.69) is 5.32 Å². The van der Waals surface area contributed by atoms with Crippen molar-refractivity contribution in [1.82, 2.24) is 5.32 Å². The number of amides is 1. The highest BCUT2D eigenvalue weighted by Crippen LogP contribution is 2.28. The highest BCUT2D eigenvalue weighted by atomic mass is 16.5. The molecule has 8 heteroatoms. The Morgan fingerprint density at radius 1 is 1.07 bits per heavy atom. The van der Waals surface area contributed by atoms with Gasteiger partial charge in [-0.05, 0) is 36.6 Å². The van der Waals surface area contributed by atoms with E-state index in [1.54, 1.807) is 30.3 Å². The number of methoxy groups -OCH3 is 1. The topological polar surface area (TPSA) is 114 Å². The zero-order valence-electron chi connectivity index (χ0n) is 16.3. The first kappa shape index (κ1) is 22.0. The van der Waals surface area contributed by atoms with E-state index in [1.165, 1.54) is 7.11 Å². The van der Waals surface area contributed by atoms with Gasteiger partial charge in [0.2, 0.25) is 0 Å². The monoisotopic (exact) mass is 403 g/mol. The molecular formula is C21H25NO7. The van der Waals surface area contributed by atoms with Gasteiger partial charge in [-0.3, -0.25) is 0 Å². The van der Waals surface area contributed by atoms with Crippen LogP contribution < -0.4 is 14.8 Å². The second kappa shape index (κ2) is 10.9. The maximum absolute atomic E-state index is 12.1. The number of carbonyl (C=O) groups is 2. The second-order valence-electron chi connectivity index (χ2n) is 6.22. The van der Waals surface area contributed by atoms with Gasteiger partial charge in [-0.1, -0.05) is 36.4 Å². The van der Waals surface area contributed by atoms with Crippen molar-refractivity contribution in [3.63, 3.8) is 0 Å². The normalized spacial score (nSPS) is 12.5. The third kappa shape index (κ3) is 6.69. The van der Waals surface area contributed by atoms with Gasteiger partial charge in [0, 0.05) is 0 Å². The number of benzene rings is 2. The lowest BCUT2D eigenvalue weighted by molar-refractivity contribution is -0.148. The maximum Gasteiger partial charge on any atom is 0.407 e. The number of nitrogens with one attached hydrogen (secondary N) is 1. The maximum atomic E-state index is 12.1. The van der Waals surface area contributed by atoms with Gasteiger partial charge in [0.25, 0.3) is 0 Å². The summed E-state index contributed by atoms with van der Waals surface area (Å²) in [6.45, 7) is 2.28. The van der Waals surface area contributed by atoms with Crippen molar-refractivity contribution in [3.05, 3.63) is 59.7 Å². The summed E-state index contributed by atoms with van der Waals surface area (Å²) in [4.78, 5) is 23.4. The molecule has 0 aliphatic carbocycles. The number of carboxylic acid groups (broad SMARTS) is 1. The van der Waals surface area contributed by atoms with Crippen LogP contribution in [0.2, 0.25) is 0 Å². The van der Waals surface area contributed by atoms with Gasteiger partial charge in [0.15, 0.2) is 17.6 Å². The zero-order valence-corrected chi connectivity index (χ0v) is 16.3. The molecule has 0 aliphatic rings. The molecule has 2 atom stereocenters. The molecule has 2 unspecified atom stereocenters. The van der Waals surface area contributed by atoms with Crippen LogP contribution in [0.5, 0.6) is 11.5 Å². The van der Waals surface area contributed by atoms with Crippen LogP contribution in [-0.2, 0) is 22.6 Å². The minimum atomic E-state index is -1.81. The summed E-state index contributed by atoms with van der Waals surface area (Å²) in [6.07, 6.45) is -2.58. The number of aliphatic hydroxyl groups excluding tert-OH is 1. The number of carboxylic acids is 1. The van der Waals surface area contributed by atoms with Crippen molar-refractivity contribution in [2.75, 3.05) is 13.7 Å². The Morgan fingerprint density at radius 3 is 2.41 bits per heavy atom. The van der Waals surface area contributed by atoms with Crippen LogP contribution >= 0.6 is 0 Å². The van der Waals surface area contributed by atoms with Crippen molar-refractivity contribution in [1.29, 1.82) is 0 Å². The lowest BCUT2D eigenvalue weighted by atomic mass is 10.0. The molecule has 0 aliphatic heterocycles. The molecule has 2 rings (SSSR count). The van der Waals surface area contributed by atoms with Crippen molar-refractivity contribution < 1.29 is 34.0 Å². The van der Waals surface area contributed by atoms with E-state index < -0.39 is 24.2 Å². The van der Waals surface area contributed by atoms with Crippen LogP contribution in [0.3, 0.4) is 0 Å². The fraction of sp³-hybridized carbons (Fsp3) is 0.333. The van der Waals surface area contributed by atoms with Gasteiger partial charge in [-0.15, -0.1) is 0 Å². The number of alkyl carbamates (subject to hydrolysis) is 1. The quantitative estimate of drug-likeness (QED) is 0.558. The van der Waals surface area contributed by atoms with E-state index in [-0.39, 0.29) is 13.0 Å². The molecule has 3 N–H and O–H groups in total. The molecule has 0 saturated carbocycles. The molecule has 2 aromatic carbocycles. The van der Waals surface area contributed by atoms with Crippen LogP contribution in [0.25, 0.3) is 0 Å². The third-order valence-electron chi connectivity index (χ3n) is 4.13. The molecule has 29 heavy (non-hydrogen) atoms. The van der Waals surface area contributed by atoms with Crippen LogP contribution in [0.1, 0.15) is 18.1 Å². The zero-order chi connectivity index (χ0) is 21.2. The van der Waals surface area contributed by atoms with Crippen molar-refractivity contribution in [2.45, 2.75) is 32.1 Å². The minimum Gasteiger partial charge on any atom is -0.493 e. The van der Waals surface area contributed by atoms with Crippen LogP contribution in [-0.4, -0.2) is 48.1 Å². The Balaban J connectivity index is 2.08. The highest BCUT2D eigenvalue weighted by molar-refractivity contribution is 5.75. The third-order valence-corrected chi connectivity index (χ3v) is 4.13. The number of carbonyl (C=O) groups excluding carboxylic acids is 1. The molecule has 0 aromatic heterocycles. The summed E-state index contributed by atoms with van der Waals surface area (Å²) in [5.41, 5.74) is 1.44. The smallest absolute Gasteiger partial charge is 0.407 e. The number of hydrogen-bond acceptors (Lipinski definition) is 6. The lowest BCUT2D eigenvalue weighted by Crippen LogP contribution is -2.48. The number of ether oxygens (including phenoxy) is 3. The summed E-state index contributed by atoms with van der Waals surface area (Å²) >= 11 is 0. The molecule has 0 bridgehead atoms. The van der Waals surface area contributed by atoms with Gasteiger partial charge in [0.1, 0.15) is 6.61 Å². The molecule has 0 heterocycles. The van der Waals surface area contributed by atoms with E-state index in [4.69, 9.17) is 14.2 Å². The standard InChI is InChI=1S/C21H25NO7/c1-3-28-18-12-15(9-10-17(18)27-2)11-16(19(23)20(24)25)22-21(26)29-13-14-7-5-4-6-8-14/h4-10,12,16,19,23H,3,11,13H2,1-2H3,(H,22,26)(H,24,25). The lowest BCUT2D eigenvalue weighted by Gasteiger charge is -2.22. The van der Waals surface area contributed by atoms with Gasteiger partial charge in [-0.25, -0.2) is 9.59 Å². The molecular weight excluding hydrogens is 378 g/mol. The number of aliphatic hydroxyl groups is 1. The molecule has 1 amide bonds. The Labute approximate surface area is 169 Å². The van der Waals surface area contributed by atoms with E-state index in [1.807, 2.05) is 25.1 Å². The van der Waals surface area contributed by atoms with Gasteiger partial charge in [0.05, 0.1) is 19.8 Å². The van der Waals surface area contributed by atoms with Crippen molar-refractivity contribution >= 4 is 12.1 Å². The van der Waals surface area contributed by atoms with Crippen molar-refractivity contribution in [3.8, 4) is 11.5 Å². The summed E-state index contributed by atoms with van der Waals surface area (Å²) in [5, 5.41) is 21.6. The first-order valence-electron chi connectivity index (χ1n) is 9.12. The Bertz CT molecular complexity index is 810.